The summed E-state index contributed by atoms with van der Waals surface area (Å²) >= 11 is 0. The van der Waals surface area contributed by atoms with E-state index in [0.717, 1.165) is 40.0 Å². The molecule has 0 unspecified atom stereocenters. The SMILES string of the molecule is C[C@H](NC(=O)OCC1c2ccccc2-c2ccccc21)C(=O)N(C)[C@H](C(=O)N(C)[C@@H](CC(=O)O)C(=O)N(C)C)C1CCCC1. The number of likely N-dealkylation sites (N-methyl/N-ethyl adjacent to an activating group) is 3. The van der Waals surface area contributed by atoms with Gasteiger partial charge < -0.3 is 29.9 Å². The second-order valence-corrected chi connectivity index (χ2v) is 11.9. The first-order valence-electron chi connectivity index (χ1n) is 15.0. The van der Waals surface area contributed by atoms with Crippen molar-refractivity contribution in [2.45, 2.75) is 63.1 Å². The minimum absolute atomic E-state index is 0.0927. The molecule has 0 radical (unpaired) electrons. The van der Waals surface area contributed by atoms with E-state index in [-0.39, 0.29) is 18.4 Å². The van der Waals surface area contributed by atoms with Gasteiger partial charge in [0.25, 0.3) is 0 Å². The van der Waals surface area contributed by atoms with Gasteiger partial charge in [-0.05, 0) is 47.9 Å². The van der Waals surface area contributed by atoms with Crippen molar-refractivity contribution < 1.29 is 33.8 Å². The van der Waals surface area contributed by atoms with Crippen LogP contribution in [0.1, 0.15) is 56.1 Å². The summed E-state index contributed by atoms with van der Waals surface area (Å²) in [6, 6.07) is 12.8. The van der Waals surface area contributed by atoms with Crippen molar-refractivity contribution in [1.29, 1.82) is 0 Å². The summed E-state index contributed by atoms with van der Waals surface area (Å²) in [6.07, 6.45) is 1.89. The van der Waals surface area contributed by atoms with Gasteiger partial charge in [0.15, 0.2) is 0 Å². The van der Waals surface area contributed by atoms with Crippen LogP contribution in [0.25, 0.3) is 11.1 Å². The van der Waals surface area contributed by atoms with Crippen LogP contribution in [0.15, 0.2) is 48.5 Å². The lowest BCUT2D eigenvalue weighted by Crippen LogP contribution is -2.59. The molecular formula is C33H42N4O7. The van der Waals surface area contributed by atoms with E-state index in [1.54, 1.807) is 0 Å². The van der Waals surface area contributed by atoms with E-state index in [2.05, 4.69) is 5.32 Å². The van der Waals surface area contributed by atoms with Crippen LogP contribution in [-0.4, -0.2) is 103 Å². The zero-order valence-electron chi connectivity index (χ0n) is 26.0. The molecule has 0 aromatic heterocycles. The molecule has 0 bridgehead atoms. The molecule has 44 heavy (non-hydrogen) atoms. The van der Waals surface area contributed by atoms with Crippen LogP contribution in [0, 0.1) is 5.92 Å². The van der Waals surface area contributed by atoms with Gasteiger partial charge in [0.2, 0.25) is 17.7 Å². The van der Waals surface area contributed by atoms with Crippen LogP contribution in [-0.2, 0) is 23.9 Å². The topological polar surface area (TPSA) is 137 Å². The van der Waals surface area contributed by atoms with Gasteiger partial charge in [0, 0.05) is 34.1 Å². The number of carboxylic acids is 1. The number of nitrogens with one attached hydrogen (secondary N) is 1. The van der Waals surface area contributed by atoms with Gasteiger partial charge in [-0.2, -0.15) is 0 Å². The number of amides is 4. The van der Waals surface area contributed by atoms with Crippen molar-refractivity contribution >= 4 is 29.8 Å². The summed E-state index contributed by atoms with van der Waals surface area (Å²) in [5, 5.41) is 12.0. The van der Waals surface area contributed by atoms with E-state index in [1.807, 2.05) is 48.5 Å². The zero-order chi connectivity index (χ0) is 32.1. The largest absolute Gasteiger partial charge is 0.481 e. The van der Waals surface area contributed by atoms with Crippen molar-refractivity contribution in [2.75, 3.05) is 34.8 Å². The Bertz CT molecular complexity index is 1360. The maximum Gasteiger partial charge on any atom is 0.407 e. The lowest BCUT2D eigenvalue weighted by Gasteiger charge is -2.38. The summed E-state index contributed by atoms with van der Waals surface area (Å²) in [7, 11) is 5.90. The highest BCUT2D eigenvalue weighted by atomic mass is 16.5. The lowest BCUT2D eigenvalue weighted by molar-refractivity contribution is -0.154. The molecule has 2 aromatic rings. The van der Waals surface area contributed by atoms with E-state index < -0.39 is 54.3 Å². The van der Waals surface area contributed by atoms with Gasteiger partial charge in [0.05, 0.1) is 6.42 Å². The Balaban J connectivity index is 1.44. The number of nitrogens with zero attached hydrogens (tertiary/aromatic N) is 3. The molecule has 2 aliphatic rings. The number of hydrogen-bond donors (Lipinski definition) is 2. The fraction of sp³-hybridized carbons (Fsp3) is 0.485. The van der Waals surface area contributed by atoms with Crippen molar-refractivity contribution in [3.63, 3.8) is 0 Å². The van der Waals surface area contributed by atoms with E-state index in [1.165, 1.54) is 44.9 Å². The molecule has 4 amide bonds. The molecular weight excluding hydrogens is 564 g/mol. The molecule has 0 heterocycles. The van der Waals surface area contributed by atoms with Gasteiger partial charge >= 0.3 is 12.1 Å². The first kappa shape index (κ1) is 32.5. The molecule has 0 aliphatic heterocycles. The Morgan fingerprint density at radius 2 is 1.39 bits per heavy atom. The Labute approximate surface area is 258 Å². The highest BCUT2D eigenvalue weighted by Crippen LogP contribution is 2.44. The van der Waals surface area contributed by atoms with E-state index >= 15 is 0 Å². The number of ether oxygens (including phenoxy) is 1. The minimum atomic E-state index is -1.22. The number of benzene rings is 2. The highest BCUT2D eigenvalue weighted by Gasteiger charge is 2.42. The second-order valence-electron chi connectivity index (χ2n) is 11.9. The first-order chi connectivity index (χ1) is 20.9. The monoisotopic (exact) mass is 606 g/mol. The summed E-state index contributed by atoms with van der Waals surface area (Å²) in [5.41, 5.74) is 4.35. The molecule has 1 fully saturated rings. The Kier molecular flexibility index (Phi) is 10.3. The fourth-order valence-corrected chi connectivity index (χ4v) is 6.49. The highest BCUT2D eigenvalue weighted by molar-refractivity contribution is 5.95. The molecule has 3 atom stereocenters. The molecule has 4 rings (SSSR count). The number of rotatable bonds is 11. The summed E-state index contributed by atoms with van der Waals surface area (Å²) in [5.74, 6) is -3.04. The molecule has 1 saturated carbocycles. The number of carbonyl (C=O) groups excluding carboxylic acids is 4. The van der Waals surface area contributed by atoms with Gasteiger partial charge in [-0.25, -0.2) is 4.79 Å². The molecule has 0 saturated heterocycles. The average Bonchev–Trinajstić information content (AvgIpc) is 3.64. The molecule has 0 spiro atoms. The second kappa shape index (κ2) is 13.9. The Morgan fingerprint density at radius 3 is 1.91 bits per heavy atom. The number of hydrogen-bond acceptors (Lipinski definition) is 6. The maximum atomic E-state index is 13.9. The van der Waals surface area contributed by atoms with E-state index in [0.29, 0.717) is 12.8 Å². The number of carboxylic acid groups (broad SMARTS) is 1. The average molecular weight is 607 g/mol. The number of fused-ring (bicyclic) bond motifs is 3. The third-order valence-electron chi connectivity index (χ3n) is 8.82. The third-order valence-corrected chi connectivity index (χ3v) is 8.82. The van der Waals surface area contributed by atoms with Gasteiger partial charge in [-0.15, -0.1) is 0 Å². The Hall–Kier alpha value is -4.41. The zero-order valence-corrected chi connectivity index (χ0v) is 26.0. The van der Waals surface area contributed by atoms with Crippen LogP contribution < -0.4 is 5.32 Å². The van der Waals surface area contributed by atoms with Crippen LogP contribution in [0.5, 0.6) is 0 Å². The quantitative estimate of drug-likeness (QED) is 0.401. The molecule has 2 N–H and O–H groups in total. The maximum absolute atomic E-state index is 13.9. The number of alkyl carbamates (subject to hydrolysis) is 1. The van der Waals surface area contributed by atoms with Gasteiger partial charge in [-0.3, -0.25) is 19.2 Å². The predicted octanol–water partition coefficient (Wildman–Crippen LogP) is 3.32. The molecule has 236 valence electrons. The smallest absolute Gasteiger partial charge is 0.407 e. The molecule has 2 aromatic carbocycles. The van der Waals surface area contributed by atoms with Crippen LogP contribution >= 0.6 is 0 Å². The van der Waals surface area contributed by atoms with Gasteiger partial charge in [0.1, 0.15) is 24.7 Å². The summed E-state index contributed by atoms with van der Waals surface area (Å²) < 4.78 is 5.61. The number of aliphatic carboxylic acids is 1. The molecule has 11 heteroatoms. The van der Waals surface area contributed by atoms with Gasteiger partial charge in [-0.1, -0.05) is 61.4 Å². The van der Waals surface area contributed by atoms with Crippen LogP contribution in [0.4, 0.5) is 4.79 Å². The predicted molar refractivity (Wildman–Crippen MR) is 164 cm³/mol. The molecule has 2 aliphatic carbocycles. The number of carbonyl (C=O) groups is 5. The lowest BCUT2D eigenvalue weighted by atomic mass is 9.94. The third kappa shape index (κ3) is 6.87. The van der Waals surface area contributed by atoms with E-state index in [4.69, 9.17) is 4.74 Å². The van der Waals surface area contributed by atoms with Crippen molar-refractivity contribution in [2.24, 2.45) is 5.92 Å². The normalized spacial score (nSPS) is 16.2. The summed E-state index contributed by atoms with van der Waals surface area (Å²) in [6.45, 7) is 1.62. The minimum Gasteiger partial charge on any atom is -0.481 e. The standard InChI is InChI=1S/C33H42N4O7/c1-20(34-33(43)44-19-26-24-16-10-8-14-22(24)23-15-9-11-17-25(23)26)30(40)37(5)29(21-12-6-7-13-21)32(42)36(4)27(18-28(38)39)31(41)35(2)3/h8-11,14-17,20-21,26-27,29H,6-7,12-13,18-19H2,1-5H3,(H,34,43)(H,38,39)/t20-,27-,29-/m0/s1. The van der Waals surface area contributed by atoms with Crippen LogP contribution in [0.3, 0.4) is 0 Å². The van der Waals surface area contributed by atoms with Crippen molar-refractivity contribution in [1.82, 2.24) is 20.0 Å². The van der Waals surface area contributed by atoms with E-state index in [9.17, 15) is 29.1 Å². The fourth-order valence-electron chi connectivity index (χ4n) is 6.49. The Morgan fingerprint density at radius 1 is 0.841 bits per heavy atom. The van der Waals surface area contributed by atoms with Crippen molar-refractivity contribution in [3.05, 3.63) is 59.7 Å². The van der Waals surface area contributed by atoms with Crippen LogP contribution in [0.2, 0.25) is 0 Å². The first-order valence-corrected chi connectivity index (χ1v) is 15.0. The molecule has 11 nitrogen and oxygen atoms in total. The summed E-state index contributed by atoms with van der Waals surface area (Å²) in [4.78, 5) is 68.5. The van der Waals surface area contributed by atoms with Crippen molar-refractivity contribution in [3.8, 4) is 11.1 Å².